The quantitative estimate of drug-likeness (QED) is 0.334. The molecule has 3 rings (SSSR count). The topological polar surface area (TPSA) is 76.4 Å². The van der Waals surface area contributed by atoms with Crippen LogP contribution in [0.1, 0.15) is 38.3 Å². The van der Waals surface area contributed by atoms with Crippen molar-refractivity contribution in [2.75, 3.05) is 13.1 Å². The minimum Gasteiger partial charge on any atom is -0.489 e. The van der Waals surface area contributed by atoms with Crippen LogP contribution in [0, 0.1) is 0 Å². The molecule has 0 saturated carbocycles. The van der Waals surface area contributed by atoms with Crippen molar-refractivity contribution in [3.8, 4) is 5.75 Å². The van der Waals surface area contributed by atoms with Gasteiger partial charge in [0.2, 0.25) is 0 Å². The van der Waals surface area contributed by atoms with Gasteiger partial charge in [0.05, 0.1) is 6.54 Å². The van der Waals surface area contributed by atoms with Gasteiger partial charge in [-0.2, -0.15) is 0 Å². The van der Waals surface area contributed by atoms with E-state index >= 15 is 0 Å². The van der Waals surface area contributed by atoms with Crippen molar-refractivity contribution in [3.05, 3.63) is 40.9 Å². The Morgan fingerprint density at radius 3 is 2.79 bits per heavy atom. The Balaban J connectivity index is 0.00000280. The fourth-order valence-electron chi connectivity index (χ4n) is 3.00. The number of nitrogens with zero attached hydrogens (tertiary/aromatic N) is 4. The first kappa shape index (κ1) is 22.7. The first-order chi connectivity index (χ1) is 13.2. The van der Waals surface area contributed by atoms with Crippen molar-refractivity contribution < 1.29 is 4.74 Å². The molecule has 0 radical (unpaired) electrons. The summed E-state index contributed by atoms with van der Waals surface area (Å²) in [6, 6.07) is 7.38. The lowest BCUT2D eigenvalue weighted by atomic mass is 10.2. The maximum Gasteiger partial charge on any atom is 0.191 e. The van der Waals surface area contributed by atoms with Crippen molar-refractivity contribution in [2.24, 2.45) is 4.99 Å². The van der Waals surface area contributed by atoms with Crippen LogP contribution in [0.5, 0.6) is 5.75 Å². The predicted molar refractivity (Wildman–Crippen MR) is 123 cm³/mol. The third-order valence-corrected chi connectivity index (χ3v) is 4.62. The zero-order chi connectivity index (χ0) is 19.1. The number of fused-ring (bicyclic) bond motifs is 1. The van der Waals surface area contributed by atoms with Gasteiger partial charge in [0.25, 0.3) is 0 Å². The smallest absolute Gasteiger partial charge is 0.191 e. The van der Waals surface area contributed by atoms with Gasteiger partial charge >= 0.3 is 0 Å². The average molecular weight is 519 g/mol. The van der Waals surface area contributed by atoms with Crippen LogP contribution in [0.25, 0.3) is 0 Å². The van der Waals surface area contributed by atoms with Crippen LogP contribution in [-0.2, 0) is 19.5 Å². The van der Waals surface area contributed by atoms with Crippen molar-refractivity contribution in [1.82, 2.24) is 25.4 Å². The Morgan fingerprint density at radius 1 is 1.25 bits per heavy atom. The van der Waals surface area contributed by atoms with E-state index in [0.29, 0.717) is 18.1 Å². The van der Waals surface area contributed by atoms with Gasteiger partial charge in [0.1, 0.15) is 24.2 Å². The molecule has 0 saturated heterocycles. The van der Waals surface area contributed by atoms with Crippen LogP contribution in [0.2, 0.25) is 5.02 Å². The Kier molecular flexibility index (Phi) is 9.30. The minimum absolute atomic E-state index is 0. The molecule has 0 aliphatic carbocycles. The summed E-state index contributed by atoms with van der Waals surface area (Å²) >= 11 is 5.90. The van der Waals surface area contributed by atoms with Gasteiger partial charge < -0.3 is 19.9 Å². The number of aliphatic imine (C=N–C) groups is 1. The fourth-order valence-corrected chi connectivity index (χ4v) is 3.13. The Hall–Kier alpha value is -1.55. The third kappa shape index (κ3) is 6.51. The second kappa shape index (κ2) is 11.5. The van der Waals surface area contributed by atoms with Gasteiger partial charge in [-0.15, -0.1) is 34.2 Å². The molecule has 28 heavy (non-hydrogen) atoms. The lowest BCUT2D eigenvalue weighted by Gasteiger charge is -2.18. The molecule has 0 amide bonds. The minimum atomic E-state index is -0.0177. The van der Waals surface area contributed by atoms with Crippen molar-refractivity contribution >= 4 is 41.5 Å². The summed E-state index contributed by atoms with van der Waals surface area (Å²) in [5.41, 5.74) is 0. The molecule has 0 spiro atoms. The molecule has 0 fully saturated rings. The molecule has 1 unspecified atom stereocenters. The van der Waals surface area contributed by atoms with Gasteiger partial charge in [-0.1, -0.05) is 11.6 Å². The van der Waals surface area contributed by atoms with Gasteiger partial charge in [-0.05, 0) is 51.0 Å². The van der Waals surface area contributed by atoms with Gasteiger partial charge in [0.15, 0.2) is 11.8 Å². The molecule has 1 atom stereocenters. The van der Waals surface area contributed by atoms with Crippen LogP contribution in [0.15, 0.2) is 29.3 Å². The third-order valence-electron chi connectivity index (χ3n) is 4.37. The number of halogens is 2. The number of hydrogen-bond acceptors (Lipinski definition) is 4. The molecule has 1 aromatic heterocycles. The number of guanidine groups is 1. The molecule has 7 nitrogen and oxygen atoms in total. The van der Waals surface area contributed by atoms with E-state index in [1.165, 1.54) is 12.8 Å². The summed E-state index contributed by atoms with van der Waals surface area (Å²) in [7, 11) is 0. The molecule has 2 aromatic rings. The molecule has 0 bridgehead atoms. The summed E-state index contributed by atoms with van der Waals surface area (Å²) in [5, 5.41) is 15.9. The van der Waals surface area contributed by atoms with Crippen LogP contribution in [-0.4, -0.2) is 39.9 Å². The van der Waals surface area contributed by atoms with E-state index in [9.17, 15) is 0 Å². The zero-order valence-corrected chi connectivity index (χ0v) is 19.4. The van der Waals surface area contributed by atoms with E-state index in [2.05, 4.69) is 30.4 Å². The number of aryl methyl sites for hydroxylation is 1. The number of nitrogens with one attached hydrogen (secondary N) is 2. The normalized spacial score (nSPS) is 14.6. The Bertz CT molecular complexity index is 764. The summed E-state index contributed by atoms with van der Waals surface area (Å²) in [6.07, 6.45) is 3.36. The zero-order valence-electron chi connectivity index (χ0n) is 16.3. The van der Waals surface area contributed by atoms with E-state index in [-0.39, 0.29) is 30.1 Å². The first-order valence-electron chi connectivity index (χ1n) is 9.51. The highest BCUT2D eigenvalue weighted by molar-refractivity contribution is 14.0. The SMILES string of the molecule is CCNC(=NCc1nnc2n1CCCC2)NCC(C)Oc1ccc(Cl)cc1.I. The highest BCUT2D eigenvalue weighted by Crippen LogP contribution is 2.17. The van der Waals surface area contributed by atoms with Crippen LogP contribution < -0.4 is 15.4 Å². The molecule has 2 N–H and O–H groups in total. The van der Waals surface area contributed by atoms with E-state index in [1.807, 2.05) is 38.1 Å². The summed E-state index contributed by atoms with van der Waals surface area (Å²) < 4.78 is 8.09. The first-order valence-corrected chi connectivity index (χ1v) is 9.89. The maximum atomic E-state index is 5.90. The molecular formula is C19H28ClIN6O. The molecular weight excluding hydrogens is 491 g/mol. The van der Waals surface area contributed by atoms with Crippen molar-refractivity contribution in [1.29, 1.82) is 0 Å². The maximum absolute atomic E-state index is 5.90. The Morgan fingerprint density at radius 2 is 2.04 bits per heavy atom. The van der Waals surface area contributed by atoms with Gasteiger partial charge in [0, 0.05) is 24.5 Å². The summed E-state index contributed by atoms with van der Waals surface area (Å²) in [6.45, 7) is 6.98. The highest BCUT2D eigenvalue weighted by atomic mass is 127. The van der Waals surface area contributed by atoms with E-state index in [0.717, 1.165) is 42.9 Å². The van der Waals surface area contributed by atoms with Crippen LogP contribution in [0.3, 0.4) is 0 Å². The monoisotopic (exact) mass is 518 g/mol. The number of rotatable bonds is 7. The van der Waals surface area contributed by atoms with E-state index in [4.69, 9.17) is 16.3 Å². The molecule has 1 aliphatic rings. The van der Waals surface area contributed by atoms with Crippen molar-refractivity contribution in [3.63, 3.8) is 0 Å². The molecule has 1 aromatic carbocycles. The van der Waals surface area contributed by atoms with Crippen LogP contribution >= 0.6 is 35.6 Å². The van der Waals surface area contributed by atoms with Gasteiger partial charge in [-0.25, -0.2) is 4.99 Å². The predicted octanol–water partition coefficient (Wildman–Crippen LogP) is 3.41. The second-order valence-corrected chi connectivity index (χ2v) is 7.04. The lowest BCUT2D eigenvalue weighted by molar-refractivity contribution is 0.224. The second-order valence-electron chi connectivity index (χ2n) is 6.60. The number of ether oxygens (including phenoxy) is 1. The number of benzene rings is 1. The molecule has 2 heterocycles. The van der Waals surface area contributed by atoms with E-state index in [1.54, 1.807) is 0 Å². The number of hydrogen-bond donors (Lipinski definition) is 2. The summed E-state index contributed by atoms with van der Waals surface area (Å²) in [5.74, 6) is 3.55. The average Bonchev–Trinajstić information content (AvgIpc) is 3.09. The number of aromatic nitrogens is 3. The van der Waals surface area contributed by atoms with Crippen molar-refractivity contribution in [2.45, 2.75) is 52.3 Å². The van der Waals surface area contributed by atoms with Crippen LogP contribution in [0.4, 0.5) is 0 Å². The lowest BCUT2D eigenvalue weighted by Crippen LogP contribution is -2.41. The standard InChI is InChI=1S/C19H27ClN6O.HI/c1-3-21-19(22-12-14(2)27-16-9-7-15(20)8-10-16)23-13-18-25-24-17-6-4-5-11-26(17)18;/h7-10,14H,3-6,11-13H2,1-2H3,(H2,21,22,23);1H. The van der Waals surface area contributed by atoms with E-state index < -0.39 is 0 Å². The Labute approximate surface area is 188 Å². The molecule has 1 aliphatic heterocycles. The van der Waals surface area contributed by atoms with Gasteiger partial charge in [-0.3, -0.25) is 0 Å². The highest BCUT2D eigenvalue weighted by Gasteiger charge is 2.15. The molecule has 9 heteroatoms. The largest absolute Gasteiger partial charge is 0.489 e. The fraction of sp³-hybridized carbons (Fsp3) is 0.526. The molecule has 154 valence electrons. The summed E-state index contributed by atoms with van der Waals surface area (Å²) in [4.78, 5) is 4.65.